The lowest BCUT2D eigenvalue weighted by molar-refractivity contribution is 0.0890. The van der Waals surface area contributed by atoms with Gasteiger partial charge in [0.1, 0.15) is 17.3 Å². The molecule has 18 heavy (non-hydrogen) atoms. The predicted molar refractivity (Wildman–Crippen MR) is 64.5 cm³/mol. The van der Waals surface area contributed by atoms with Crippen LogP contribution in [0.2, 0.25) is 0 Å². The van der Waals surface area contributed by atoms with Crippen LogP contribution in [0, 0.1) is 11.6 Å². The molecule has 0 aliphatic carbocycles. The summed E-state index contributed by atoms with van der Waals surface area (Å²) in [5.74, 6) is -1.26. The summed E-state index contributed by atoms with van der Waals surface area (Å²) < 4.78 is 33.0. The average Bonchev–Trinajstić information content (AvgIpc) is 2.38. The summed E-state index contributed by atoms with van der Waals surface area (Å²) in [5, 5.41) is 8.90. The van der Waals surface area contributed by atoms with Crippen LogP contribution < -0.4 is 4.90 Å². The van der Waals surface area contributed by atoms with Gasteiger partial charge in [-0.05, 0) is 30.5 Å². The Balaban J connectivity index is 2.27. The highest BCUT2D eigenvalue weighted by Gasteiger charge is 2.24. The van der Waals surface area contributed by atoms with E-state index in [1.165, 1.54) is 12.1 Å². The van der Waals surface area contributed by atoms with E-state index >= 15 is 0 Å². The van der Waals surface area contributed by atoms with Gasteiger partial charge in [0.2, 0.25) is 0 Å². The largest absolute Gasteiger partial charge is 0.392 e. The SMILES string of the molecule is COC1CCCN(c2c(F)cc(CO)cc2F)C1. The third-order valence-electron chi connectivity index (χ3n) is 3.29. The summed E-state index contributed by atoms with van der Waals surface area (Å²) in [5.41, 5.74) is 0.225. The second-order valence-corrected chi connectivity index (χ2v) is 4.51. The van der Waals surface area contributed by atoms with Crippen molar-refractivity contribution < 1.29 is 18.6 Å². The van der Waals surface area contributed by atoms with Crippen molar-refractivity contribution in [2.45, 2.75) is 25.6 Å². The highest BCUT2D eigenvalue weighted by atomic mass is 19.1. The van der Waals surface area contributed by atoms with Crippen molar-refractivity contribution >= 4 is 5.69 Å². The summed E-state index contributed by atoms with van der Waals surface area (Å²) in [6.45, 7) is 0.740. The van der Waals surface area contributed by atoms with E-state index in [4.69, 9.17) is 9.84 Å². The van der Waals surface area contributed by atoms with Crippen molar-refractivity contribution in [1.82, 2.24) is 0 Å². The normalized spacial score (nSPS) is 20.2. The molecule has 0 bridgehead atoms. The standard InChI is InChI=1S/C13H17F2NO2/c1-18-10-3-2-4-16(7-10)13-11(14)5-9(8-17)6-12(13)15/h5-6,10,17H,2-4,7-8H2,1H3. The Morgan fingerprint density at radius 2 is 2.06 bits per heavy atom. The monoisotopic (exact) mass is 257 g/mol. The van der Waals surface area contributed by atoms with Crippen LogP contribution in [0.25, 0.3) is 0 Å². The molecule has 1 unspecified atom stereocenters. The van der Waals surface area contributed by atoms with Crippen molar-refractivity contribution in [3.63, 3.8) is 0 Å². The number of hydrogen-bond donors (Lipinski definition) is 1. The quantitative estimate of drug-likeness (QED) is 0.899. The van der Waals surface area contributed by atoms with E-state index < -0.39 is 11.6 Å². The molecule has 1 aliphatic heterocycles. The Morgan fingerprint density at radius 1 is 1.39 bits per heavy atom. The summed E-state index contributed by atoms with van der Waals surface area (Å²) in [7, 11) is 1.61. The maximum Gasteiger partial charge on any atom is 0.149 e. The minimum absolute atomic E-state index is 0.00932. The first-order valence-corrected chi connectivity index (χ1v) is 6.02. The average molecular weight is 257 g/mol. The molecule has 1 N–H and O–H groups in total. The molecule has 1 fully saturated rings. The van der Waals surface area contributed by atoms with E-state index in [0.717, 1.165) is 12.8 Å². The number of anilines is 1. The first-order valence-electron chi connectivity index (χ1n) is 6.02. The van der Waals surface area contributed by atoms with Crippen LogP contribution in [0.1, 0.15) is 18.4 Å². The van der Waals surface area contributed by atoms with E-state index in [2.05, 4.69) is 0 Å². The number of rotatable bonds is 3. The summed E-state index contributed by atoms with van der Waals surface area (Å²) >= 11 is 0. The van der Waals surface area contributed by atoms with Gasteiger partial charge in [-0.2, -0.15) is 0 Å². The van der Waals surface area contributed by atoms with E-state index in [0.29, 0.717) is 13.1 Å². The highest BCUT2D eigenvalue weighted by molar-refractivity contribution is 5.51. The molecular weight excluding hydrogens is 240 g/mol. The van der Waals surface area contributed by atoms with E-state index in [-0.39, 0.29) is 24.0 Å². The Morgan fingerprint density at radius 3 is 2.61 bits per heavy atom. The molecule has 1 heterocycles. The molecule has 2 rings (SSSR count). The van der Waals surface area contributed by atoms with Gasteiger partial charge in [0.15, 0.2) is 0 Å². The number of piperidine rings is 1. The van der Waals surface area contributed by atoms with Gasteiger partial charge in [-0.1, -0.05) is 0 Å². The highest BCUT2D eigenvalue weighted by Crippen LogP contribution is 2.28. The molecule has 0 saturated carbocycles. The molecule has 1 atom stereocenters. The second kappa shape index (κ2) is 5.63. The van der Waals surface area contributed by atoms with Gasteiger partial charge in [0.05, 0.1) is 12.7 Å². The van der Waals surface area contributed by atoms with Crippen molar-refractivity contribution in [3.8, 4) is 0 Å². The lowest BCUT2D eigenvalue weighted by atomic mass is 10.1. The topological polar surface area (TPSA) is 32.7 Å². The minimum atomic E-state index is -0.629. The maximum atomic E-state index is 13.9. The molecule has 1 aromatic carbocycles. The van der Waals surface area contributed by atoms with Gasteiger partial charge in [-0.25, -0.2) is 8.78 Å². The Kier molecular flexibility index (Phi) is 4.14. The van der Waals surface area contributed by atoms with Gasteiger partial charge in [-0.3, -0.25) is 0 Å². The molecule has 1 saturated heterocycles. The van der Waals surface area contributed by atoms with E-state index in [9.17, 15) is 8.78 Å². The van der Waals surface area contributed by atoms with E-state index in [1.807, 2.05) is 0 Å². The number of benzene rings is 1. The number of nitrogens with zero attached hydrogens (tertiary/aromatic N) is 1. The van der Waals surface area contributed by atoms with Gasteiger partial charge < -0.3 is 14.7 Å². The Hall–Kier alpha value is -1.20. The molecular formula is C13H17F2NO2. The van der Waals surface area contributed by atoms with Gasteiger partial charge in [0.25, 0.3) is 0 Å². The first kappa shape index (κ1) is 13.2. The van der Waals surface area contributed by atoms with Crippen molar-refractivity contribution in [2.24, 2.45) is 0 Å². The van der Waals surface area contributed by atoms with Crippen LogP contribution in [0.5, 0.6) is 0 Å². The number of ether oxygens (including phenoxy) is 1. The number of halogens is 2. The number of methoxy groups -OCH3 is 1. The number of hydrogen-bond acceptors (Lipinski definition) is 3. The van der Waals surface area contributed by atoms with Gasteiger partial charge in [0, 0.05) is 20.2 Å². The number of aliphatic hydroxyl groups excluding tert-OH is 1. The summed E-state index contributed by atoms with van der Waals surface area (Å²) in [6.07, 6.45) is 1.76. The molecule has 0 spiro atoms. The maximum absolute atomic E-state index is 13.9. The molecule has 1 aliphatic rings. The molecule has 1 aromatic rings. The Labute approximate surface area is 105 Å². The minimum Gasteiger partial charge on any atom is -0.392 e. The number of aliphatic hydroxyl groups is 1. The Bertz CT molecular complexity index is 402. The lowest BCUT2D eigenvalue weighted by Gasteiger charge is -2.34. The van der Waals surface area contributed by atoms with E-state index in [1.54, 1.807) is 12.0 Å². The van der Waals surface area contributed by atoms with Crippen LogP contribution in [0.15, 0.2) is 12.1 Å². The molecule has 0 aromatic heterocycles. The zero-order chi connectivity index (χ0) is 13.1. The lowest BCUT2D eigenvalue weighted by Crippen LogP contribution is -2.40. The molecule has 0 amide bonds. The molecule has 5 heteroatoms. The van der Waals surface area contributed by atoms with Gasteiger partial charge >= 0.3 is 0 Å². The second-order valence-electron chi connectivity index (χ2n) is 4.51. The van der Waals surface area contributed by atoms with Crippen LogP contribution in [0.4, 0.5) is 14.5 Å². The third-order valence-corrected chi connectivity index (χ3v) is 3.29. The fourth-order valence-electron chi connectivity index (χ4n) is 2.35. The van der Waals surface area contributed by atoms with Crippen LogP contribution in [-0.2, 0) is 11.3 Å². The smallest absolute Gasteiger partial charge is 0.149 e. The third kappa shape index (κ3) is 2.62. The molecule has 3 nitrogen and oxygen atoms in total. The fourth-order valence-corrected chi connectivity index (χ4v) is 2.35. The fraction of sp³-hybridized carbons (Fsp3) is 0.538. The van der Waals surface area contributed by atoms with Crippen molar-refractivity contribution in [2.75, 3.05) is 25.1 Å². The summed E-state index contributed by atoms with van der Waals surface area (Å²) in [4.78, 5) is 1.67. The van der Waals surface area contributed by atoms with Crippen LogP contribution >= 0.6 is 0 Å². The molecule has 100 valence electrons. The van der Waals surface area contributed by atoms with Crippen molar-refractivity contribution in [3.05, 3.63) is 29.3 Å². The van der Waals surface area contributed by atoms with Crippen LogP contribution in [0.3, 0.4) is 0 Å². The van der Waals surface area contributed by atoms with Gasteiger partial charge in [-0.15, -0.1) is 0 Å². The summed E-state index contributed by atoms with van der Waals surface area (Å²) in [6, 6.07) is 2.35. The zero-order valence-corrected chi connectivity index (χ0v) is 10.3. The first-order chi connectivity index (χ1) is 8.65. The zero-order valence-electron chi connectivity index (χ0n) is 10.3. The molecule has 0 radical (unpaired) electrons. The predicted octanol–water partition coefficient (Wildman–Crippen LogP) is 2.07. The van der Waals surface area contributed by atoms with Crippen LogP contribution in [-0.4, -0.2) is 31.4 Å². The van der Waals surface area contributed by atoms with Crippen molar-refractivity contribution in [1.29, 1.82) is 0 Å².